The van der Waals surface area contributed by atoms with Gasteiger partial charge in [0.1, 0.15) is 6.61 Å². The van der Waals surface area contributed by atoms with Gasteiger partial charge < -0.3 is 24.1 Å². The third kappa shape index (κ3) is 9.62. The number of nitro benzene ring substituents is 1. The Kier molecular flexibility index (Phi) is 13.0. The highest BCUT2D eigenvalue weighted by atomic mass is 16.7. The van der Waals surface area contributed by atoms with E-state index < -0.39 is 23.8 Å². The summed E-state index contributed by atoms with van der Waals surface area (Å²) in [7, 11) is 0. The number of carbonyl (C=O) groups is 2. The number of benzene rings is 1. The maximum absolute atomic E-state index is 12.5. The first-order chi connectivity index (χ1) is 18.3. The Bertz CT molecular complexity index is 1090. The largest absolute Gasteiger partial charge is 0.514 e. The fraction of sp³-hybridized carbons (Fsp3) is 0.519. The second-order valence-corrected chi connectivity index (χ2v) is 8.72. The average Bonchev–Trinajstić information content (AvgIpc) is 2.89. The molecule has 0 radical (unpaired) electrons. The summed E-state index contributed by atoms with van der Waals surface area (Å²) in [6, 6.07) is 5.57. The highest BCUT2D eigenvalue weighted by Gasteiger charge is 2.26. The zero-order valence-electron chi connectivity index (χ0n) is 22.2. The van der Waals surface area contributed by atoms with E-state index in [-0.39, 0.29) is 52.9 Å². The van der Waals surface area contributed by atoms with Gasteiger partial charge in [0.15, 0.2) is 11.5 Å². The molecule has 1 aromatic heterocycles. The zero-order chi connectivity index (χ0) is 27.9. The number of ether oxygens (including phenoxy) is 4. The Labute approximate surface area is 222 Å². The van der Waals surface area contributed by atoms with Gasteiger partial charge in [0.05, 0.1) is 35.1 Å². The van der Waals surface area contributed by atoms with Crippen LogP contribution in [0.15, 0.2) is 24.3 Å². The number of carbonyl (C=O) groups excluding carboxylic acids is 2. The molecule has 2 rings (SSSR count). The van der Waals surface area contributed by atoms with E-state index in [9.17, 15) is 19.7 Å². The molecule has 0 saturated heterocycles. The van der Waals surface area contributed by atoms with E-state index >= 15 is 0 Å². The minimum atomic E-state index is -1.12. The summed E-state index contributed by atoms with van der Waals surface area (Å²) >= 11 is 0. The summed E-state index contributed by atoms with van der Waals surface area (Å²) in [5.41, 5.74) is 0.674. The normalized spacial score (nSPS) is 10.6. The maximum atomic E-state index is 12.5. The fourth-order valence-electron chi connectivity index (χ4n) is 3.85. The van der Waals surface area contributed by atoms with Crippen LogP contribution in [0.4, 0.5) is 15.3 Å². The van der Waals surface area contributed by atoms with Crippen molar-refractivity contribution in [3.8, 4) is 22.6 Å². The molecule has 2 aromatic rings. The molecule has 0 unspecified atom stereocenters. The predicted molar refractivity (Wildman–Crippen MR) is 139 cm³/mol. The lowest BCUT2D eigenvalue weighted by Gasteiger charge is -2.18. The van der Waals surface area contributed by atoms with Crippen molar-refractivity contribution in [2.24, 2.45) is 0 Å². The topological polar surface area (TPSA) is 147 Å². The summed E-state index contributed by atoms with van der Waals surface area (Å²) in [4.78, 5) is 39.8. The van der Waals surface area contributed by atoms with E-state index in [0.29, 0.717) is 6.42 Å². The molecule has 0 bridgehead atoms. The molecule has 208 valence electrons. The van der Waals surface area contributed by atoms with E-state index in [1.54, 1.807) is 19.9 Å². The van der Waals surface area contributed by atoms with E-state index in [1.807, 2.05) is 0 Å². The molecule has 0 amide bonds. The van der Waals surface area contributed by atoms with Crippen LogP contribution in [0.5, 0.6) is 11.5 Å². The first-order valence-electron chi connectivity index (χ1n) is 12.8. The van der Waals surface area contributed by atoms with Crippen LogP contribution in [0, 0.1) is 24.0 Å². The van der Waals surface area contributed by atoms with Crippen LogP contribution in [0.1, 0.15) is 69.7 Å². The number of non-ortho nitro benzene ring substituents is 1. The smallest absolute Gasteiger partial charge is 0.434 e. The highest BCUT2D eigenvalue weighted by Crippen LogP contribution is 2.43. The molecule has 0 atom stereocenters. The maximum Gasteiger partial charge on any atom is 0.514 e. The van der Waals surface area contributed by atoms with E-state index in [2.05, 4.69) is 11.9 Å². The van der Waals surface area contributed by atoms with Gasteiger partial charge >= 0.3 is 12.3 Å². The average molecular weight is 533 g/mol. The van der Waals surface area contributed by atoms with Crippen molar-refractivity contribution in [1.82, 2.24) is 4.98 Å². The second-order valence-electron chi connectivity index (χ2n) is 8.72. The van der Waals surface area contributed by atoms with Gasteiger partial charge in [0.25, 0.3) is 5.69 Å². The number of aliphatic hydroxyl groups excluding tert-OH is 1. The van der Waals surface area contributed by atoms with Crippen LogP contribution in [0.3, 0.4) is 0 Å². The number of hydrogen-bond acceptors (Lipinski definition) is 10. The van der Waals surface area contributed by atoms with Crippen molar-refractivity contribution in [2.45, 2.75) is 72.1 Å². The van der Waals surface area contributed by atoms with Gasteiger partial charge in [0, 0.05) is 12.1 Å². The summed E-state index contributed by atoms with van der Waals surface area (Å²) < 4.78 is 20.9. The van der Waals surface area contributed by atoms with Gasteiger partial charge in [-0.2, -0.15) is 0 Å². The molecule has 0 fully saturated rings. The number of nitro groups is 1. The molecule has 0 spiro atoms. The van der Waals surface area contributed by atoms with Crippen molar-refractivity contribution in [3.05, 3.63) is 45.8 Å². The lowest BCUT2D eigenvalue weighted by molar-refractivity contribution is -0.384. The first-order valence-corrected chi connectivity index (χ1v) is 12.8. The Hall–Kier alpha value is -3.73. The second kappa shape index (κ2) is 16.2. The lowest BCUT2D eigenvalue weighted by atomic mass is 10.0. The van der Waals surface area contributed by atoms with Crippen LogP contribution < -0.4 is 9.47 Å². The van der Waals surface area contributed by atoms with Crippen molar-refractivity contribution in [1.29, 1.82) is 0 Å². The van der Waals surface area contributed by atoms with Crippen LogP contribution in [-0.4, -0.2) is 47.1 Å². The molecular weight excluding hydrogens is 496 g/mol. The first kappa shape index (κ1) is 30.5. The van der Waals surface area contributed by atoms with Crippen molar-refractivity contribution < 1.29 is 38.6 Å². The molecule has 38 heavy (non-hydrogen) atoms. The van der Waals surface area contributed by atoms with Gasteiger partial charge in [-0.15, -0.1) is 0 Å². The fourth-order valence-corrected chi connectivity index (χ4v) is 3.85. The molecule has 11 heteroatoms. The van der Waals surface area contributed by atoms with Crippen LogP contribution in [0.25, 0.3) is 11.1 Å². The van der Waals surface area contributed by atoms with Gasteiger partial charge in [-0.05, 0) is 25.8 Å². The van der Waals surface area contributed by atoms with Gasteiger partial charge in [-0.25, -0.2) is 9.59 Å². The summed E-state index contributed by atoms with van der Waals surface area (Å²) in [6.45, 7) is 4.80. The number of unbranched alkanes of at least 4 members (excludes halogenated alkanes) is 7. The van der Waals surface area contributed by atoms with Crippen LogP contribution in [0.2, 0.25) is 0 Å². The van der Waals surface area contributed by atoms with Crippen molar-refractivity contribution in [2.75, 3.05) is 19.8 Å². The standard InChI is InChI=1S/C27H36N2O9/c1-4-5-6-7-8-9-10-11-16-35-26(31)37-24-19(2)28-20(3)25(38-27(32)36-17-15-30)23(24)21-13-12-14-22(18-21)29(33)34/h12-14,18,30H,4-11,15-17H2,1-3H3. The molecule has 1 heterocycles. The van der Waals surface area contributed by atoms with Crippen molar-refractivity contribution in [3.63, 3.8) is 0 Å². The quantitative estimate of drug-likeness (QED) is 0.118. The Balaban J connectivity index is 2.23. The van der Waals surface area contributed by atoms with E-state index in [4.69, 9.17) is 24.1 Å². The third-order valence-electron chi connectivity index (χ3n) is 5.69. The van der Waals surface area contributed by atoms with Gasteiger partial charge in [-0.3, -0.25) is 15.1 Å². The van der Waals surface area contributed by atoms with E-state index in [1.165, 1.54) is 43.9 Å². The molecule has 0 saturated carbocycles. The molecule has 1 N–H and O–H groups in total. The molecule has 1 aromatic carbocycles. The van der Waals surface area contributed by atoms with Gasteiger partial charge in [-0.1, -0.05) is 64.0 Å². The highest BCUT2D eigenvalue weighted by molar-refractivity contribution is 5.84. The molecule has 11 nitrogen and oxygen atoms in total. The third-order valence-corrected chi connectivity index (χ3v) is 5.69. The summed E-state index contributed by atoms with van der Waals surface area (Å²) in [5, 5.41) is 20.3. The molecule has 0 aliphatic rings. The van der Waals surface area contributed by atoms with Crippen molar-refractivity contribution >= 4 is 18.0 Å². The Morgan fingerprint density at radius 1 is 0.895 bits per heavy atom. The molecular formula is C27H36N2O9. The predicted octanol–water partition coefficient (Wildman–Crippen LogP) is 6.44. The molecule has 0 aliphatic heterocycles. The number of nitrogens with zero attached hydrogens (tertiary/aromatic N) is 2. The summed E-state index contributed by atoms with van der Waals surface area (Å²) in [5.74, 6) is -0.174. The number of aryl methyl sites for hydroxylation is 2. The van der Waals surface area contributed by atoms with Crippen LogP contribution in [-0.2, 0) is 9.47 Å². The number of pyridine rings is 1. The summed E-state index contributed by atoms with van der Waals surface area (Å²) in [6.07, 6.45) is 6.63. The number of aromatic nitrogens is 1. The number of aliphatic hydroxyl groups is 1. The number of hydrogen-bond donors (Lipinski definition) is 1. The number of rotatable bonds is 15. The van der Waals surface area contributed by atoms with Crippen LogP contribution >= 0.6 is 0 Å². The zero-order valence-corrected chi connectivity index (χ0v) is 22.2. The van der Waals surface area contributed by atoms with E-state index in [0.717, 1.165) is 19.3 Å². The molecule has 0 aliphatic carbocycles. The Morgan fingerprint density at radius 3 is 2.00 bits per heavy atom. The minimum absolute atomic E-state index is 0.0676. The lowest BCUT2D eigenvalue weighted by Crippen LogP contribution is -2.17. The SMILES string of the molecule is CCCCCCCCCCOC(=O)Oc1c(C)nc(C)c(OC(=O)OCCO)c1-c1cccc([N+](=O)[O-])c1. The van der Waals surface area contributed by atoms with Gasteiger partial charge in [0.2, 0.25) is 0 Å². The Morgan fingerprint density at radius 2 is 1.45 bits per heavy atom. The minimum Gasteiger partial charge on any atom is -0.434 e. The monoisotopic (exact) mass is 532 g/mol.